The maximum Gasteiger partial charge on any atom is 0.274 e. The number of aromatic hydroxyl groups is 1. The van der Waals surface area contributed by atoms with Gasteiger partial charge in [-0.15, -0.1) is 0 Å². The van der Waals surface area contributed by atoms with Crippen molar-refractivity contribution in [2.75, 3.05) is 0 Å². The van der Waals surface area contributed by atoms with Crippen LogP contribution in [0.1, 0.15) is 30.1 Å². The Morgan fingerprint density at radius 2 is 1.91 bits per heavy atom. The van der Waals surface area contributed by atoms with Gasteiger partial charge in [0.05, 0.1) is 17.4 Å². The van der Waals surface area contributed by atoms with Crippen molar-refractivity contribution < 1.29 is 19.5 Å². The molecule has 1 saturated heterocycles. The molecule has 1 aromatic rings. The summed E-state index contributed by atoms with van der Waals surface area (Å²) in [6.07, 6.45) is 3.02. The van der Waals surface area contributed by atoms with Crippen LogP contribution in [0.25, 0.3) is 0 Å². The van der Waals surface area contributed by atoms with Gasteiger partial charge in [-0.2, -0.15) is 5.01 Å². The smallest absolute Gasteiger partial charge is 0.274 e. The lowest BCUT2D eigenvalue weighted by atomic mass is 9.82. The van der Waals surface area contributed by atoms with E-state index >= 15 is 0 Å². The summed E-state index contributed by atoms with van der Waals surface area (Å²) in [6, 6.07) is 5.97. The molecular formula is C16H16N2O4. The van der Waals surface area contributed by atoms with Crippen LogP contribution in [0.5, 0.6) is 5.75 Å². The number of nitrogens with zero attached hydrogens (tertiary/aromatic N) is 1. The van der Waals surface area contributed by atoms with Gasteiger partial charge >= 0.3 is 0 Å². The summed E-state index contributed by atoms with van der Waals surface area (Å²) >= 11 is 0. The lowest BCUT2D eigenvalue weighted by Gasteiger charge is -2.18. The molecule has 1 fully saturated rings. The number of phenols is 1. The number of imide groups is 1. The van der Waals surface area contributed by atoms with E-state index in [0.29, 0.717) is 12.8 Å². The van der Waals surface area contributed by atoms with Gasteiger partial charge in [-0.25, -0.2) is 0 Å². The molecule has 2 aliphatic rings. The lowest BCUT2D eigenvalue weighted by Crippen LogP contribution is -2.46. The first kappa shape index (κ1) is 14.3. The summed E-state index contributed by atoms with van der Waals surface area (Å²) < 4.78 is 0. The molecule has 1 aliphatic heterocycles. The zero-order valence-corrected chi connectivity index (χ0v) is 12.1. The number of rotatable bonds is 2. The van der Waals surface area contributed by atoms with Gasteiger partial charge in [-0.3, -0.25) is 19.8 Å². The van der Waals surface area contributed by atoms with Crippen molar-refractivity contribution in [2.45, 2.75) is 19.8 Å². The number of para-hydroxylation sites is 1. The van der Waals surface area contributed by atoms with Crippen molar-refractivity contribution in [3.63, 3.8) is 0 Å². The van der Waals surface area contributed by atoms with Crippen LogP contribution in [0, 0.1) is 11.8 Å². The van der Waals surface area contributed by atoms with Gasteiger partial charge in [0, 0.05) is 0 Å². The van der Waals surface area contributed by atoms with Gasteiger partial charge in [0.1, 0.15) is 5.75 Å². The van der Waals surface area contributed by atoms with Crippen LogP contribution in [0.15, 0.2) is 35.9 Å². The van der Waals surface area contributed by atoms with E-state index in [1.165, 1.54) is 12.1 Å². The summed E-state index contributed by atoms with van der Waals surface area (Å²) in [5, 5.41) is 10.5. The summed E-state index contributed by atoms with van der Waals surface area (Å²) in [6.45, 7) is 1.93. The lowest BCUT2D eigenvalue weighted by molar-refractivity contribution is -0.142. The van der Waals surface area contributed by atoms with Crippen molar-refractivity contribution >= 4 is 17.7 Å². The highest BCUT2D eigenvalue weighted by molar-refractivity contribution is 6.08. The molecule has 3 amide bonds. The number of fused-ring (bicyclic) bond motifs is 1. The van der Waals surface area contributed by atoms with Crippen LogP contribution in [0.4, 0.5) is 0 Å². The van der Waals surface area contributed by atoms with E-state index in [9.17, 15) is 19.5 Å². The fourth-order valence-electron chi connectivity index (χ4n) is 2.98. The molecular weight excluding hydrogens is 284 g/mol. The maximum atomic E-state index is 12.3. The highest BCUT2D eigenvalue weighted by atomic mass is 16.3. The first-order valence-corrected chi connectivity index (χ1v) is 7.11. The van der Waals surface area contributed by atoms with E-state index in [1.807, 2.05) is 13.0 Å². The Morgan fingerprint density at radius 1 is 1.23 bits per heavy atom. The third kappa shape index (κ3) is 2.26. The van der Waals surface area contributed by atoms with E-state index in [0.717, 1.165) is 10.6 Å². The van der Waals surface area contributed by atoms with Crippen molar-refractivity contribution in [1.29, 1.82) is 0 Å². The SMILES string of the molecule is CC1=CC[C@H]2C(=O)N(NC(=O)c3ccccc3O)C(=O)[C@@H]2C1. The average Bonchev–Trinajstić information content (AvgIpc) is 2.72. The van der Waals surface area contributed by atoms with Gasteiger partial charge in [0.2, 0.25) is 0 Å². The number of hydrazine groups is 1. The second-order valence-electron chi connectivity index (χ2n) is 5.67. The third-order valence-corrected chi connectivity index (χ3v) is 4.19. The molecule has 2 N–H and O–H groups in total. The highest BCUT2D eigenvalue weighted by Gasteiger charge is 2.49. The molecule has 3 rings (SSSR count). The van der Waals surface area contributed by atoms with Crippen molar-refractivity contribution in [2.24, 2.45) is 11.8 Å². The predicted molar refractivity (Wildman–Crippen MR) is 77.4 cm³/mol. The Morgan fingerprint density at radius 3 is 2.64 bits per heavy atom. The van der Waals surface area contributed by atoms with Crippen molar-refractivity contribution in [1.82, 2.24) is 10.4 Å². The predicted octanol–water partition coefficient (Wildman–Crippen LogP) is 1.38. The average molecular weight is 300 g/mol. The Labute approximate surface area is 127 Å². The van der Waals surface area contributed by atoms with Gasteiger partial charge in [-0.05, 0) is 31.9 Å². The molecule has 22 heavy (non-hydrogen) atoms. The van der Waals surface area contributed by atoms with Crippen LogP contribution in [-0.2, 0) is 9.59 Å². The monoisotopic (exact) mass is 300 g/mol. The number of amides is 3. The fourth-order valence-corrected chi connectivity index (χ4v) is 2.98. The molecule has 2 atom stereocenters. The molecule has 0 spiro atoms. The quantitative estimate of drug-likeness (QED) is 0.638. The number of benzene rings is 1. The van der Waals surface area contributed by atoms with E-state index in [2.05, 4.69) is 5.43 Å². The minimum absolute atomic E-state index is 0.0206. The van der Waals surface area contributed by atoms with Gasteiger partial charge < -0.3 is 5.11 Å². The van der Waals surface area contributed by atoms with E-state index in [1.54, 1.807) is 12.1 Å². The van der Waals surface area contributed by atoms with Gasteiger partial charge in [0.25, 0.3) is 17.7 Å². The molecule has 6 nitrogen and oxygen atoms in total. The van der Waals surface area contributed by atoms with Crippen LogP contribution in [-0.4, -0.2) is 27.8 Å². The standard InChI is InChI=1S/C16H16N2O4/c1-9-6-7-10-12(8-9)16(22)18(15(10)21)17-14(20)11-4-2-3-5-13(11)19/h2-6,10,12,19H,7-8H2,1H3,(H,17,20)/t10-,12-/m1/s1. The summed E-state index contributed by atoms with van der Waals surface area (Å²) in [7, 11) is 0. The Kier molecular flexibility index (Phi) is 3.44. The highest BCUT2D eigenvalue weighted by Crippen LogP contribution is 2.36. The van der Waals surface area contributed by atoms with Crippen LogP contribution >= 0.6 is 0 Å². The van der Waals surface area contributed by atoms with Crippen LogP contribution in [0.3, 0.4) is 0 Å². The number of carbonyl (C=O) groups is 3. The molecule has 1 aliphatic carbocycles. The Balaban J connectivity index is 1.79. The van der Waals surface area contributed by atoms with E-state index in [-0.39, 0.29) is 23.1 Å². The molecule has 0 bridgehead atoms. The second kappa shape index (κ2) is 5.29. The van der Waals surface area contributed by atoms with Crippen molar-refractivity contribution in [3.8, 4) is 5.75 Å². The zero-order chi connectivity index (χ0) is 15.9. The molecule has 0 aromatic heterocycles. The van der Waals surface area contributed by atoms with Gasteiger partial charge in [0.15, 0.2) is 0 Å². The molecule has 114 valence electrons. The maximum absolute atomic E-state index is 12.3. The number of carbonyl (C=O) groups excluding carboxylic acids is 3. The van der Waals surface area contributed by atoms with E-state index < -0.39 is 17.7 Å². The fraction of sp³-hybridized carbons (Fsp3) is 0.312. The first-order chi connectivity index (χ1) is 10.5. The Hall–Kier alpha value is -2.63. The van der Waals surface area contributed by atoms with E-state index in [4.69, 9.17) is 0 Å². The molecule has 0 unspecified atom stereocenters. The summed E-state index contributed by atoms with van der Waals surface area (Å²) in [4.78, 5) is 36.8. The number of hydrogen-bond donors (Lipinski definition) is 2. The summed E-state index contributed by atoms with van der Waals surface area (Å²) in [5.41, 5.74) is 3.42. The second-order valence-corrected chi connectivity index (χ2v) is 5.67. The molecule has 0 radical (unpaired) electrons. The number of allylic oxidation sites excluding steroid dienone is 2. The molecule has 1 heterocycles. The minimum Gasteiger partial charge on any atom is -0.507 e. The number of nitrogens with one attached hydrogen (secondary N) is 1. The normalized spacial score (nSPS) is 24.0. The zero-order valence-electron chi connectivity index (χ0n) is 12.1. The Bertz CT molecular complexity index is 695. The largest absolute Gasteiger partial charge is 0.507 e. The van der Waals surface area contributed by atoms with Crippen molar-refractivity contribution in [3.05, 3.63) is 41.5 Å². The van der Waals surface area contributed by atoms with Crippen LogP contribution < -0.4 is 5.43 Å². The minimum atomic E-state index is -0.678. The number of hydrogen-bond acceptors (Lipinski definition) is 4. The third-order valence-electron chi connectivity index (χ3n) is 4.19. The first-order valence-electron chi connectivity index (χ1n) is 7.11. The summed E-state index contributed by atoms with van der Waals surface area (Å²) in [5.74, 6) is -2.45. The van der Waals surface area contributed by atoms with Gasteiger partial charge in [-0.1, -0.05) is 23.8 Å². The molecule has 6 heteroatoms. The molecule has 0 saturated carbocycles. The number of phenolic OH excluding ortho intramolecular Hbond substituents is 1. The van der Waals surface area contributed by atoms with Crippen LogP contribution in [0.2, 0.25) is 0 Å². The topological polar surface area (TPSA) is 86.7 Å². The molecule has 1 aromatic carbocycles.